The van der Waals surface area contributed by atoms with Gasteiger partial charge >= 0.3 is 33.6 Å². The van der Waals surface area contributed by atoms with E-state index in [4.69, 9.17) is 32.3 Å². The Bertz CT molecular complexity index is 2550. The molecule has 5 atom stereocenters. The van der Waals surface area contributed by atoms with Crippen molar-refractivity contribution < 1.29 is 75.8 Å². The quantitative estimate of drug-likeness (QED) is 0.0146. The minimum atomic E-state index is -4.94. The monoisotopic (exact) mass is 1600 g/mol. The summed E-state index contributed by atoms with van der Waals surface area (Å²) in [5.74, 6) is -1.58. The molecule has 0 rings (SSSR count). The Balaban J connectivity index is 4.38. The number of hydrogen-bond acceptors (Lipinski definition) is 14. The summed E-state index contributed by atoms with van der Waals surface area (Å²) in [4.78, 5) is 58.8. The summed E-state index contributed by atoms with van der Waals surface area (Å²) in [5.41, 5.74) is 0. The molecular formula is C93H162O16P2. The number of phosphoric ester groups is 2. The summed E-state index contributed by atoms with van der Waals surface area (Å²) >= 11 is 0. The molecule has 0 fully saturated rings. The summed E-state index contributed by atoms with van der Waals surface area (Å²) in [6, 6.07) is 0. The fourth-order valence-corrected chi connectivity index (χ4v) is 13.7. The zero-order chi connectivity index (χ0) is 80.8. The van der Waals surface area contributed by atoms with Crippen molar-refractivity contribution in [2.75, 3.05) is 39.6 Å². The van der Waals surface area contributed by atoms with Gasteiger partial charge in [-0.15, -0.1) is 0 Å². The van der Waals surface area contributed by atoms with Gasteiger partial charge in [0.2, 0.25) is 0 Å². The highest BCUT2D eigenvalue weighted by atomic mass is 31.2. The van der Waals surface area contributed by atoms with E-state index in [2.05, 4.69) is 154 Å². The zero-order valence-corrected chi connectivity index (χ0v) is 72.1. The standard InChI is InChI=1S/C93H162O16P2/c1-4-7-10-13-16-19-22-25-27-29-31-33-35-37-39-40-41-42-43-44-45-46-48-50-51-53-55-57-59-62-64-67-70-73-76-79-91(96)103-82-88(94)83-105-110(99,100)106-84-89(95)85-107-111(101,102)108-87-90(109-93(98)81-78-75-72-69-66-61-24-21-18-15-12-9-6-3)86-104-92(97)80-77-74-71-68-65-63-60-58-56-54-52-49-47-38-36-34-32-30-28-26-23-20-17-14-11-8-5-2/h8,11-12,15-17,19-21,24-28,31-34,37-39,47,88-90,94-95H,4-7,9-10,13-14,18,22-23,29-30,35-36,40-46,48-87H2,1-3H3,(H,99,100)(H,101,102)/b11-8-,15-12-,19-16-,20-17-,24-21-,27-25-,28-26-,33-31-,34-32-,39-37-,47-38-. The smallest absolute Gasteiger partial charge is 0.463 e. The molecule has 0 heterocycles. The van der Waals surface area contributed by atoms with Gasteiger partial charge in [-0.3, -0.25) is 32.5 Å². The molecule has 0 amide bonds. The van der Waals surface area contributed by atoms with Crippen LogP contribution in [0.1, 0.15) is 380 Å². The molecule has 0 saturated heterocycles. The lowest BCUT2D eigenvalue weighted by atomic mass is 10.0. The molecule has 0 aromatic heterocycles. The molecule has 0 saturated carbocycles. The van der Waals surface area contributed by atoms with E-state index in [1.165, 1.54) is 167 Å². The maximum Gasteiger partial charge on any atom is 0.472 e. The molecule has 0 spiro atoms. The van der Waals surface area contributed by atoms with Crippen molar-refractivity contribution in [3.05, 3.63) is 134 Å². The van der Waals surface area contributed by atoms with Gasteiger partial charge < -0.3 is 34.2 Å². The van der Waals surface area contributed by atoms with Crippen LogP contribution in [0, 0.1) is 0 Å². The average Bonchev–Trinajstić information content (AvgIpc) is 0.918. The molecule has 4 N–H and O–H groups in total. The van der Waals surface area contributed by atoms with Crippen LogP contribution in [0.25, 0.3) is 0 Å². The van der Waals surface area contributed by atoms with Gasteiger partial charge in [0.05, 0.1) is 26.4 Å². The van der Waals surface area contributed by atoms with Crippen molar-refractivity contribution in [3.63, 3.8) is 0 Å². The molecular weight excluding hydrogens is 1430 g/mol. The SMILES string of the molecule is CC/C=C\C/C=C\C/C=C\C/C=C\C/C=C\CCCCCCCCCCCCCC(=O)OCC(COP(=O)(O)OCC(O)COP(=O)(O)OCC(O)COC(=O)CCCCCCCCCCCCCCCCCCCCC/C=C\C/C=C\C/C=C\C/C=C\CCCCC)OC(=O)CCCCCCC/C=C\C/C=C\CCC. The second-order valence-electron chi connectivity index (χ2n) is 29.7. The number of unbranched alkanes of at least 4 members (excludes halogenated alkanes) is 39. The van der Waals surface area contributed by atoms with Crippen molar-refractivity contribution in [2.24, 2.45) is 0 Å². The molecule has 16 nitrogen and oxygen atoms in total. The molecule has 0 aromatic carbocycles. The van der Waals surface area contributed by atoms with Crippen LogP contribution in [-0.2, 0) is 55.8 Å². The first-order valence-corrected chi connectivity index (χ1v) is 47.5. The number of aliphatic hydroxyl groups excluding tert-OH is 2. The highest BCUT2D eigenvalue weighted by molar-refractivity contribution is 7.47. The van der Waals surface area contributed by atoms with Crippen LogP contribution in [0.2, 0.25) is 0 Å². The molecule has 0 aromatic rings. The topological polar surface area (TPSA) is 231 Å². The van der Waals surface area contributed by atoms with Gasteiger partial charge in [-0.05, 0) is 135 Å². The first kappa shape index (κ1) is 107. The third-order valence-corrected chi connectivity index (χ3v) is 20.7. The number of allylic oxidation sites excluding steroid dienone is 22. The van der Waals surface area contributed by atoms with Crippen molar-refractivity contribution >= 4 is 33.6 Å². The van der Waals surface area contributed by atoms with Crippen LogP contribution in [-0.4, -0.2) is 95.9 Å². The zero-order valence-electron chi connectivity index (χ0n) is 70.4. The molecule has 18 heteroatoms. The highest BCUT2D eigenvalue weighted by Crippen LogP contribution is 2.45. The Kier molecular flexibility index (Phi) is 81.8. The first-order chi connectivity index (χ1) is 54.2. The van der Waals surface area contributed by atoms with Crippen LogP contribution in [0.4, 0.5) is 0 Å². The summed E-state index contributed by atoms with van der Waals surface area (Å²) in [7, 11) is -9.80. The third-order valence-electron chi connectivity index (χ3n) is 18.8. The molecule has 0 aliphatic carbocycles. The lowest BCUT2D eigenvalue weighted by molar-refractivity contribution is -0.161. The van der Waals surface area contributed by atoms with Crippen molar-refractivity contribution in [1.29, 1.82) is 0 Å². The fourth-order valence-electron chi connectivity index (χ4n) is 12.1. The number of ether oxygens (including phenoxy) is 3. The molecule has 0 radical (unpaired) electrons. The van der Waals surface area contributed by atoms with Gasteiger partial charge in [0.1, 0.15) is 25.4 Å². The number of hydrogen-bond donors (Lipinski definition) is 4. The number of rotatable bonds is 84. The van der Waals surface area contributed by atoms with Gasteiger partial charge in [-0.25, -0.2) is 9.13 Å². The Morgan fingerprint density at radius 2 is 0.495 bits per heavy atom. The number of carbonyl (C=O) groups excluding carboxylic acids is 3. The lowest BCUT2D eigenvalue weighted by Crippen LogP contribution is -2.30. The first-order valence-electron chi connectivity index (χ1n) is 44.5. The highest BCUT2D eigenvalue weighted by Gasteiger charge is 2.29. The number of carbonyl (C=O) groups is 3. The van der Waals surface area contributed by atoms with Crippen molar-refractivity contribution in [1.82, 2.24) is 0 Å². The van der Waals surface area contributed by atoms with E-state index in [9.17, 15) is 43.5 Å². The Labute approximate surface area is 677 Å². The molecule has 0 aliphatic rings. The number of aliphatic hydroxyl groups is 2. The maximum absolute atomic E-state index is 13.0. The summed E-state index contributed by atoms with van der Waals surface area (Å²) in [5, 5.41) is 20.7. The van der Waals surface area contributed by atoms with E-state index in [1.54, 1.807) is 0 Å². The lowest BCUT2D eigenvalue weighted by Gasteiger charge is -2.21. The van der Waals surface area contributed by atoms with Crippen LogP contribution in [0.3, 0.4) is 0 Å². The second kappa shape index (κ2) is 85.1. The average molecular weight is 1600 g/mol. The van der Waals surface area contributed by atoms with E-state index in [-0.39, 0.29) is 19.3 Å². The largest absolute Gasteiger partial charge is 0.472 e. The summed E-state index contributed by atoms with van der Waals surface area (Å²) < 4.78 is 61.3. The van der Waals surface area contributed by atoms with Crippen LogP contribution >= 0.6 is 15.6 Å². The van der Waals surface area contributed by atoms with Crippen LogP contribution < -0.4 is 0 Å². The molecule has 0 bridgehead atoms. The summed E-state index contributed by atoms with van der Waals surface area (Å²) in [6.07, 6.45) is 105. The Morgan fingerprint density at radius 3 is 0.793 bits per heavy atom. The molecule has 0 aliphatic heterocycles. The second-order valence-corrected chi connectivity index (χ2v) is 32.6. The van der Waals surface area contributed by atoms with E-state index in [0.29, 0.717) is 19.3 Å². The van der Waals surface area contributed by atoms with E-state index in [1.807, 2.05) is 0 Å². The fraction of sp³-hybridized carbons (Fsp3) is 0.731. The number of esters is 3. The van der Waals surface area contributed by atoms with Gasteiger partial charge in [-0.1, -0.05) is 360 Å². The molecule has 640 valence electrons. The predicted octanol–water partition coefficient (Wildman–Crippen LogP) is 27.0. The van der Waals surface area contributed by atoms with Crippen molar-refractivity contribution in [2.45, 2.75) is 399 Å². The van der Waals surface area contributed by atoms with Gasteiger partial charge in [-0.2, -0.15) is 0 Å². The number of phosphoric acid groups is 2. The summed E-state index contributed by atoms with van der Waals surface area (Å²) in [6.45, 7) is 2.49. The molecule has 111 heavy (non-hydrogen) atoms. The minimum absolute atomic E-state index is 0.0864. The van der Waals surface area contributed by atoms with Crippen LogP contribution in [0.5, 0.6) is 0 Å². The van der Waals surface area contributed by atoms with Gasteiger partial charge in [0.25, 0.3) is 0 Å². The van der Waals surface area contributed by atoms with E-state index in [0.717, 1.165) is 154 Å². The third kappa shape index (κ3) is 86.4. The normalized spacial score (nSPS) is 14.5. The van der Waals surface area contributed by atoms with E-state index >= 15 is 0 Å². The van der Waals surface area contributed by atoms with Crippen molar-refractivity contribution in [3.8, 4) is 0 Å². The predicted molar refractivity (Wildman–Crippen MR) is 463 cm³/mol. The van der Waals surface area contributed by atoms with Gasteiger partial charge in [0, 0.05) is 19.3 Å². The van der Waals surface area contributed by atoms with E-state index < -0.39 is 91.5 Å². The minimum Gasteiger partial charge on any atom is -0.463 e. The van der Waals surface area contributed by atoms with Gasteiger partial charge in [0.15, 0.2) is 6.10 Å². The van der Waals surface area contributed by atoms with Crippen LogP contribution in [0.15, 0.2) is 134 Å². The molecule has 5 unspecified atom stereocenters. The Hall–Kier alpha value is -4.31. The Morgan fingerprint density at radius 1 is 0.261 bits per heavy atom. The maximum atomic E-state index is 13.0.